The number of methoxy groups -OCH3 is 1. The lowest BCUT2D eigenvalue weighted by Crippen LogP contribution is -2.14. The number of halogens is 6. The summed E-state index contributed by atoms with van der Waals surface area (Å²) >= 11 is 5.48. The van der Waals surface area contributed by atoms with Crippen LogP contribution in [0.1, 0.15) is 155 Å². The minimum atomic E-state index is -4.89. The molecule has 0 N–H and O–H groups in total. The van der Waals surface area contributed by atoms with Crippen LogP contribution in [0.5, 0.6) is 0 Å². The third-order valence-electron chi connectivity index (χ3n) is 9.50. The highest BCUT2D eigenvalue weighted by Crippen LogP contribution is 2.35. The van der Waals surface area contributed by atoms with Gasteiger partial charge in [-0.25, -0.2) is 0 Å². The molecule has 1 fully saturated rings. The van der Waals surface area contributed by atoms with Gasteiger partial charge in [-0.1, -0.05) is 207 Å². The van der Waals surface area contributed by atoms with Gasteiger partial charge in [-0.05, 0) is 151 Å². The van der Waals surface area contributed by atoms with Crippen molar-refractivity contribution in [3.8, 4) is 20.9 Å². The van der Waals surface area contributed by atoms with Crippen LogP contribution in [-0.4, -0.2) is 54.2 Å². The zero-order chi connectivity index (χ0) is 61.4. The Morgan fingerprint density at radius 1 is 0.610 bits per heavy atom. The summed E-state index contributed by atoms with van der Waals surface area (Å²) in [6.45, 7) is 40.8. The molecule has 2 heterocycles. The van der Waals surface area contributed by atoms with E-state index in [1.807, 2.05) is 100 Å². The van der Waals surface area contributed by atoms with Crippen LogP contribution in [0.4, 0.5) is 26.3 Å². The number of allylic oxidation sites excluding steroid dienone is 5. The van der Waals surface area contributed by atoms with E-state index < -0.39 is 17.8 Å². The van der Waals surface area contributed by atoms with Gasteiger partial charge in [0.05, 0.1) is 12.8 Å². The highest BCUT2D eigenvalue weighted by molar-refractivity contribution is 7.97. The molecule has 1 nitrogen and oxygen atoms in total. The molecule has 0 radical (unpaired) electrons. The average molecular weight is 1160 g/mol. The molecule has 5 aromatic rings. The van der Waals surface area contributed by atoms with Gasteiger partial charge in [0.1, 0.15) is 0 Å². The van der Waals surface area contributed by atoms with E-state index in [1.54, 1.807) is 26.0 Å². The molecular weight excluding hydrogens is 1050 g/mol. The van der Waals surface area contributed by atoms with Gasteiger partial charge in [-0.2, -0.15) is 33.7 Å². The minimum absolute atomic E-state index is 0.00103. The molecule has 0 aliphatic heterocycles. The summed E-state index contributed by atoms with van der Waals surface area (Å²) in [5.74, 6) is 0. The molecule has 442 valence electrons. The van der Waals surface area contributed by atoms with Gasteiger partial charge in [0, 0.05) is 33.7 Å². The molecule has 77 heavy (non-hydrogen) atoms. The van der Waals surface area contributed by atoms with Gasteiger partial charge >= 0.3 is 6.18 Å². The van der Waals surface area contributed by atoms with Crippen LogP contribution in [0.25, 0.3) is 20.9 Å². The van der Waals surface area contributed by atoms with E-state index in [0.29, 0.717) is 19.5 Å². The maximum atomic E-state index is 11.2. The predicted molar refractivity (Wildman–Crippen MR) is 349 cm³/mol. The molecule has 6 rings (SSSR count). The second-order valence-corrected chi connectivity index (χ2v) is 24.4. The Hall–Kier alpha value is -3.74. The molecule has 3 aromatic carbocycles. The number of hydrogen-bond donors (Lipinski definition) is 0. The molecule has 0 unspecified atom stereocenters. The van der Waals surface area contributed by atoms with Crippen LogP contribution in [0.2, 0.25) is 13.1 Å². The highest BCUT2D eigenvalue weighted by Gasteiger charge is 2.33. The fourth-order valence-corrected chi connectivity index (χ4v) is 6.60. The van der Waals surface area contributed by atoms with Crippen molar-refractivity contribution in [2.24, 2.45) is 5.41 Å². The molecule has 0 spiro atoms. The number of hydrogen-bond acceptors (Lipinski definition) is 4. The Bertz CT molecular complexity index is 1990. The van der Waals surface area contributed by atoms with Gasteiger partial charge in [0.15, 0.2) is 0 Å². The van der Waals surface area contributed by atoms with E-state index in [9.17, 15) is 26.3 Å². The topological polar surface area (TPSA) is 9.23 Å². The standard InChI is InChI=1S/C14H14.C10H10S2.C8H16.C7H8.C5H10.C4H3F5.C4H10Si.C4H8.C3H8.C2H6O.C2H6S.C2H6.CH3F/c1-11-3-7-13(8-4-11)14-9-5-12(2)6-10-14;1-7-3-5-9(11-7)10-6-4-8(2)12-10;1-8(2)6-4-3-5-7-8;1-7-5-3-2-4-6-7;1-4-5(2)3;1-2(3(5)6)4(7,8)9;1-4-5(2)3;1-3-4-2;3*1-3-2;2*1-2/h3-10H,1-2H3;3-6H,1-2H3;3-7H2,1-2H3;2-6H,1H3;4H,1-3H3;1H3;4H,1-3H3;3-4H,1-2H3;3H2,1-2H3;2*1-2H3;1-2H3;1H3. The van der Waals surface area contributed by atoms with Gasteiger partial charge < -0.3 is 4.74 Å². The lowest BCUT2D eigenvalue weighted by molar-refractivity contribution is -0.0947. The number of thioether (sulfide) groups is 1. The van der Waals surface area contributed by atoms with Crippen LogP contribution < -0.4 is 0 Å². The zero-order valence-corrected chi connectivity index (χ0v) is 56.2. The first-order valence-corrected chi connectivity index (χ1v) is 32.3. The third-order valence-corrected chi connectivity index (χ3v) is 12.9. The highest BCUT2D eigenvalue weighted by atomic mass is 32.2. The Morgan fingerprint density at radius 2 is 0.896 bits per heavy atom. The van der Waals surface area contributed by atoms with Gasteiger partial charge in [0.2, 0.25) is 0 Å². The van der Waals surface area contributed by atoms with Crippen LogP contribution >= 0.6 is 34.4 Å². The molecule has 1 saturated carbocycles. The molecule has 1 aliphatic rings. The van der Waals surface area contributed by atoms with Crippen molar-refractivity contribution >= 4 is 48.5 Å². The van der Waals surface area contributed by atoms with E-state index in [1.165, 1.54) is 91.4 Å². The molecule has 0 atom stereocenters. The predicted octanol–water partition coefficient (Wildman–Crippen LogP) is 24.7. The molecule has 0 amide bonds. The summed E-state index contributed by atoms with van der Waals surface area (Å²) in [6.07, 6.45) is 11.2. The van der Waals surface area contributed by atoms with Crippen LogP contribution in [-0.2, 0) is 4.74 Å². The first-order valence-electron chi connectivity index (χ1n) is 26.5. The van der Waals surface area contributed by atoms with Crippen molar-refractivity contribution in [1.29, 1.82) is 0 Å². The fourth-order valence-electron chi connectivity index (χ4n) is 4.78. The lowest BCUT2D eigenvalue weighted by atomic mass is 9.78. The Morgan fingerprint density at radius 3 is 1.04 bits per heavy atom. The zero-order valence-electron chi connectivity index (χ0n) is 52.8. The van der Waals surface area contributed by atoms with Gasteiger partial charge in [-0.15, -0.1) is 28.3 Å². The van der Waals surface area contributed by atoms with E-state index in [0.717, 1.165) is 0 Å². The fraction of sp³-hybridized carbons (Fsp3) is 0.500. The van der Waals surface area contributed by atoms with Crippen LogP contribution in [0.3, 0.4) is 0 Å². The summed E-state index contributed by atoms with van der Waals surface area (Å²) in [4.78, 5) is 5.56. The molecule has 11 heteroatoms. The largest absolute Gasteiger partial charge is 0.417 e. The first kappa shape index (κ1) is 87.1. The van der Waals surface area contributed by atoms with Crippen LogP contribution in [0.15, 0.2) is 139 Å². The molecule has 0 saturated heterocycles. The third kappa shape index (κ3) is 63.0. The smallest absolute Gasteiger partial charge is 0.388 e. The number of aryl methyl sites for hydroxylation is 5. The maximum Gasteiger partial charge on any atom is 0.417 e. The monoisotopic (exact) mass is 1150 g/mol. The van der Waals surface area contributed by atoms with Gasteiger partial charge in [-0.3, -0.25) is 4.39 Å². The van der Waals surface area contributed by atoms with Crippen molar-refractivity contribution < 1.29 is 31.1 Å². The number of thiophene rings is 2. The maximum absolute atomic E-state index is 11.2. The molecule has 0 bridgehead atoms. The van der Waals surface area contributed by atoms with Crippen molar-refractivity contribution in [1.82, 2.24) is 0 Å². The summed E-state index contributed by atoms with van der Waals surface area (Å²) in [5, 5.41) is 0. The number of alkyl halides is 4. The van der Waals surface area contributed by atoms with Crippen LogP contribution in [0, 0.1) is 40.0 Å². The summed E-state index contributed by atoms with van der Waals surface area (Å²) in [5.41, 5.74) is 9.01. The average Bonchev–Trinajstić information content (AvgIpc) is 4.05. The number of benzene rings is 3. The van der Waals surface area contributed by atoms with Crippen molar-refractivity contribution in [2.75, 3.05) is 33.9 Å². The second-order valence-electron chi connectivity index (χ2n) is 18.2. The normalized spacial score (nSPS) is 10.7. The Balaban J connectivity index is -0.000000144. The van der Waals surface area contributed by atoms with Crippen molar-refractivity contribution in [3.05, 3.63) is 165 Å². The van der Waals surface area contributed by atoms with E-state index >= 15 is 0 Å². The number of ether oxygens (including phenoxy) is 1. The summed E-state index contributed by atoms with van der Waals surface area (Å²) < 4.78 is 69.4. The van der Waals surface area contributed by atoms with E-state index in [2.05, 4.69) is 198 Å². The van der Waals surface area contributed by atoms with Gasteiger partial charge in [0.25, 0.3) is 6.08 Å². The Kier molecular flexibility index (Phi) is 67.8. The SMILES string of the molecule is CC.CC(=C(F)F)C(F)(F)F.CC1(C)CCCCC1.CC=C(C)C.CC=CC.CC=[Si](C)C.CCC.CF.COC.CSC.Cc1ccc(-c2ccc(C)cc2)cc1.Cc1ccc(-c2ccc(C)s2)s1.Cc1ccccc1. The second kappa shape index (κ2) is 59.9. The quantitative estimate of drug-likeness (QED) is 0.0990. The lowest BCUT2D eigenvalue weighted by Gasteiger charge is -2.28. The van der Waals surface area contributed by atoms with Crippen molar-refractivity contribution in [3.63, 3.8) is 0 Å². The number of rotatable bonds is 2. The summed E-state index contributed by atoms with van der Waals surface area (Å²) in [7, 11) is 3.75. The van der Waals surface area contributed by atoms with E-state index in [-0.39, 0.29) is 8.41 Å². The Labute approximate surface area is 484 Å². The molecule has 1 aliphatic carbocycles. The van der Waals surface area contributed by atoms with E-state index in [4.69, 9.17) is 0 Å². The molecule has 2 aromatic heterocycles. The summed E-state index contributed by atoms with van der Waals surface area (Å²) in [6, 6.07) is 36.3. The minimum Gasteiger partial charge on any atom is -0.388 e. The molecular formula is C66H108F6OS3Si. The first-order chi connectivity index (χ1) is 36.2. The van der Waals surface area contributed by atoms with Crippen molar-refractivity contribution in [2.45, 2.75) is 182 Å².